The Balaban J connectivity index is 1.33. The Morgan fingerprint density at radius 2 is 1.97 bits per heavy atom. The number of carbonyl (C=O) groups is 1. The fourth-order valence-electron chi connectivity index (χ4n) is 3.73. The van der Waals surface area contributed by atoms with Crippen LogP contribution in [-0.2, 0) is 11.3 Å². The molecule has 0 N–H and O–H groups in total. The first-order valence-electron chi connectivity index (χ1n) is 10.1. The Hall–Kier alpha value is -3.03. The number of ether oxygens (including phenoxy) is 2. The van der Waals surface area contributed by atoms with Crippen molar-refractivity contribution in [1.82, 2.24) is 19.2 Å². The lowest BCUT2D eigenvalue weighted by Crippen LogP contribution is -2.47. The summed E-state index contributed by atoms with van der Waals surface area (Å²) < 4.78 is 12.6. The van der Waals surface area contributed by atoms with Crippen LogP contribution in [0.3, 0.4) is 0 Å². The Morgan fingerprint density at radius 1 is 1.16 bits per heavy atom. The van der Waals surface area contributed by atoms with E-state index in [2.05, 4.69) is 16.1 Å². The molecule has 3 aromatic rings. The molecule has 1 aliphatic rings. The van der Waals surface area contributed by atoms with Crippen molar-refractivity contribution in [3.8, 4) is 11.5 Å². The number of amides is 1. The second-order valence-electron chi connectivity index (χ2n) is 7.37. The van der Waals surface area contributed by atoms with Crippen molar-refractivity contribution in [1.29, 1.82) is 0 Å². The average molecular weight is 441 g/mol. The molecular weight excluding hydrogens is 416 g/mol. The van der Waals surface area contributed by atoms with Gasteiger partial charge in [0.05, 0.1) is 24.9 Å². The van der Waals surface area contributed by atoms with Gasteiger partial charge in [-0.15, -0.1) is 0 Å². The van der Waals surface area contributed by atoms with Crippen molar-refractivity contribution in [2.24, 2.45) is 0 Å². The summed E-state index contributed by atoms with van der Waals surface area (Å²) in [4.78, 5) is 21.5. The molecule has 0 aliphatic carbocycles. The molecule has 0 radical (unpaired) electrons. The molecule has 0 unspecified atom stereocenters. The number of methoxy groups -OCH3 is 2. The standard InChI is InChI=1S/C23H25ClN4O3/c1-30-20-14-17(13-19(24)23(20)31-2)6-7-22(29)27-11-9-26(10-12-27)15-18-16-28-8-4-3-5-21(28)25-18/h3-8,13-14,16H,9-12,15H2,1-2H3/b7-6+. The van der Waals surface area contributed by atoms with E-state index in [4.69, 9.17) is 21.1 Å². The minimum absolute atomic E-state index is 0.0155. The number of aromatic nitrogens is 2. The third kappa shape index (κ3) is 4.84. The zero-order valence-corrected chi connectivity index (χ0v) is 18.4. The highest BCUT2D eigenvalue weighted by atomic mass is 35.5. The van der Waals surface area contributed by atoms with Gasteiger partial charge >= 0.3 is 0 Å². The number of hydrogen-bond donors (Lipinski definition) is 0. The zero-order valence-electron chi connectivity index (χ0n) is 17.6. The van der Waals surface area contributed by atoms with E-state index < -0.39 is 0 Å². The quantitative estimate of drug-likeness (QED) is 0.550. The van der Waals surface area contributed by atoms with Crippen molar-refractivity contribution in [2.75, 3.05) is 40.4 Å². The van der Waals surface area contributed by atoms with Crippen LogP contribution in [0, 0.1) is 0 Å². The Kier molecular flexibility index (Phi) is 6.44. The van der Waals surface area contributed by atoms with Crippen LogP contribution >= 0.6 is 11.6 Å². The molecule has 1 aromatic carbocycles. The molecule has 1 fully saturated rings. The molecule has 1 aliphatic heterocycles. The number of benzene rings is 1. The van der Waals surface area contributed by atoms with Gasteiger partial charge in [0.25, 0.3) is 0 Å². The number of imidazole rings is 1. The van der Waals surface area contributed by atoms with Crippen molar-refractivity contribution < 1.29 is 14.3 Å². The zero-order chi connectivity index (χ0) is 21.8. The highest BCUT2D eigenvalue weighted by molar-refractivity contribution is 6.32. The normalized spacial score (nSPS) is 15.0. The summed E-state index contributed by atoms with van der Waals surface area (Å²) in [6, 6.07) is 9.52. The number of rotatable bonds is 6. The van der Waals surface area contributed by atoms with Crippen LogP contribution in [-0.4, -0.2) is 65.5 Å². The predicted octanol–water partition coefficient (Wildman–Crippen LogP) is 3.36. The number of piperazine rings is 1. The molecule has 0 saturated carbocycles. The molecule has 1 saturated heterocycles. The molecule has 0 atom stereocenters. The Bertz CT molecular complexity index is 1070. The van der Waals surface area contributed by atoms with Crippen LogP contribution in [0.25, 0.3) is 11.7 Å². The Labute approximate surface area is 186 Å². The van der Waals surface area contributed by atoms with E-state index in [0.717, 1.165) is 36.5 Å². The van der Waals surface area contributed by atoms with Crippen molar-refractivity contribution in [2.45, 2.75) is 6.54 Å². The molecule has 7 nitrogen and oxygen atoms in total. The van der Waals surface area contributed by atoms with Crippen LogP contribution < -0.4 is 9.47 Å². The average Bonchev–Trinajstić information content (AvgIpc) is 3.19. The Morgan fingerprint density at radius 3 is 2.68 bits per heavy atom. The molecule has 0 spiro atoms. The number of halogens is 1. The third-order valence-corrected chi connectivity index (χ3v) is 5.64. The summed E-state index contributed by atoms with van der Waals surface area (Å²) >= 11 is 6.24. The van der Waals surface area contributed by atoms with Gasteiger partial charge in [-0.05, 0) is 35.9 Å². The largest absolute Gasteiger partial charge is 0.493 e. The summed E-state index contributed by atoms with van der Waals surface area (Å²) in [5.41, 5.74) is 2.77. The van der Waals surface area contributed by atoms with Gasteiger partial charge in [-0.1, -0.05) is 17.7 Å². The maximum Gasteiger partial charge on any atom is 0.246 e. The first-order valence-corrected chi connectivity index (χ1v) is 10.5. The second kappa shape index (κ2) is 9.41. The molecule has 31 heavy (non-hydrogen) atoms. The molecule has 0 bridgehead atoms. The molecule has 1 amide bonds. The van der Waals surface area contributed by atoms with E-state index in [1.165, 1.54) is 7.11 Å². The maximum absolute atomic E-state index is 12.6. The van der Waals surface area contributed by atoms with Gasteiger partial charge in [0.15, 0.2) is 11.5 Å². The lowest BCUT2D eigenvalue weighted by molar-refractivity contribution is -0.127. The fourth-order valence-corrected chi connectivity index (χ4v) is 4.02. The molecule has 3 heterocycles. The smallest absolute Gasteiger partial charge is 0.246 e. The van der Waals surface area contributed by atoms with Gasteiger partial charge < -0.3 is 18.8 Å². The number of hydrogen-bond acceptors (Lipinski definition) is 5. The van der Waals surface area contributed by atoms with E-state index >= 15 is 0 Å². The van der Waals surface area contributed by atoms with Gasteiger partial charge in [0.1, 0.15) is 5.65 Å². The lowest BCUT2D eigenvalue weighted by Gasteiger charge is -2.33. The minimum atomic E-state index is -0.0155. The van der Waals surface area contributed by atoms with Crippen LogP contribution in [0.4, 0.5) is 0 Å². The van der Waals surface area contributed by atoms with Crippen LogP contribution in [0.5, 0.6) is 11.5 Å². The van der Waals surface area contributed by atoms with E-state index in [1.54, 1.807) is 31.4 Å². The number of fused-ring (bicyclic) bond motifs is 1. The van der Waals surface area contributed by atoms with Crippen LogP contribution in [0.1, 0.15) is 11.3 Å². The van der Waals surface area contributed by atoms with Gasteiger partial charge in [-0.2, -0.15) is 0 Å². The first kappa shape index (κ1) is 21.2. The number of pyridine rings is 1. The second-order valence-corrected chi connectivity index (χ2v) is 7.78. The molecular formula is C23H25ClN4O3. The van der Waals surface area contributed by atoms with Gasteiger partial charge in [-0.3, -0.25) is 9.69 Å². The maximum atomic E-state index is 12.6. The van der Waals surface area contributed by atoms with E-state index in [1.807, 2.05) is 33.7 Å². The molecule has 4 rings (SSSR count). The predicted molar refractivity (Wildman–Crippen MR) is 121 cm³/mol. The number of nitrogens with zero attached hydrogens (tertiary/aromatic N) is 4. The van der Waals surface area contributed by atoms with E-state index in [-0.39, 0.29) is 5.91 Å². The highest BCUT2D eigenvalue weighted by Gasteiger charge is 2.20. The molecule has 8 heteroatoms. The van der Waals surface area contributed by atoms with Crippen molar-refractivity contribution >= 4 is 29.2 Å². The first-order chi connectivity index (χ1) is 15.1. The van der Waals surface area contributed by atoms with Gasteiger partial charge in [0, 0.05) is 51.2 Å². The van der Waals surface area contributed by atoms with E-state index in [0.29, 0.717) is 29.6 Å². The summed E-state index contributed by atoms with van der Waals surface area (Å²) in [5.74, 6) is 0.996. The number of carbonyl (C=O) groups excluding carboxylic acids is 1. The van der Waals surface area contributed by atoms with Gasteiger partial charge in [0.2, 0.25) is 5.91 Å². The van der Waals surface area contributed by atoms with E-state index in [9.17, 15) is 4.79 Å². The lowest BCUT2D eigenvalue weighted by atomic mass is 10.1. The summed E-state index contributed by atoms with van der Waals surface area (Å²) in [6.45, 7) is 3.78. The van der Waals surface area contributed by atoms with Crippen molar-refractivity contribution in [3.63, 3.8) is 0 Å². The minimum Gasteiger partial charge on any atom is -0.493 e. The topological polar surface area (TPSA) is 59.3 Å². The monoisotopic (exact) mass is 440 g/mol. The summed E-state index contributed by atoms with van der Waals surface area (Å²) in [7, 11) is 3.09. The fraction of sp³-hybridized carbons (Fsp3) is 0.304. The van der Waals surface area contributed by atoms with Gasteiger partial charge in [-0.25, -0.2) is 4.98 Å². The molecule has 162 valence electrons. The third-order valence-electron chi connectivity index (χ3n) is 5.36. The van der Waals surface area contributed by atoms with Crippen molar-refractivity contribution in [3.05, 3.63) is 65.1 Å². The van der Waals surface area contributed by atoms with Crippen LogP contribution in [0.2, 0.25) is 5.02 Å². The van der Waals surface area contributed by atoms with Crippen LogP contribution in [0.15, 0.2) is 48.8 Å². The highest BCUT2D eigenvalue weighted by Crippen LogP contribution is 2.36. The summed E-state index contributed by atoms with van der Waals surface area (Å²) in [6.07, 6.45) is 7.39. The molecule has 2 aromatic heterocycles. The SMILES string of the molecule is COc1cc(/C=C/C(=O)N2CCN(Cc3cn4ccccc4n3)CC2)cc(Cl)c1OC. The summed E-state index contributed by atoms with van der Waals surface area (Å²) in [5, 5.41) is 0.439.